The van der Waals surface area contributed by atoms with Crippen molar-refractivity contribution in [3.8, 4) is 11.1 Å². The van der Waals surface area contributed by atoms with Crippen LogP contribution in [-0.4, -0.2) is 27.0 Å². The Morgan fingerprint density at radius 1 is 0.968 bits per heavy atom. The Hall–Kier alpha value is -4.34. The van der Waals surface area contributed by atoms with Crippen LogP contribution in [0.2, 0.25) is 0 Å². The summed E-state index contributed by atoms with van der Waals surface area (Å²) < 4.78 is 14.0. The molecule has 0 heterocycles. The van der Waals surface area contributed by atoms with Gasteiger partial charge < -0.3 is 10.4 Å². The van der Waals surface area contributed by atoms with Gasteiger partial charge in [0.2, 0.25) is 0 Å². The van der Waals surface area contributed by atoms with Crippen LogP contribution in [-0.2, 0) is 11.2 Å². The molecular weight excluding hydrogens is 409 g/mol. The van der Waals surface area contributed by atoms with Gasteiger partial charge >= 0.3 is 5.97 Å². The average Bonchev–Trinajstić information content (AvgIpc) is 2.73. The second-order valence-corrected chi connectivity index (χ2v) is 6.63. The average molecular weight is 425 g/mol. The van der Waals surface area contributed by atoms with Gasteiger partial charge in [-0.05, 0) is 29.8 Å². The lowest BCUT2D eigenvalue weighted by Gasteiger charge is -2.19. The number of benzene rings is 3. The zero-order chi connectivity index (χ0) is 22.5. The molecule has 0 amide bonds. The minimum Gasteiger partial charge on any atom is -0.480 e. The van der Waals surface area contributed by atoms with Crippen LogP contribution < -0.4 is 5.32 Å². The molecule has 0 aliphatic carbocycles. The summed E-state index contributed by atoms with van der Waals surface area (Å²) in [7, 11) is 0. The van der Waals surface area contributed by atoms with E-state index in [0.29, 0.717) is 0 Å². The monoisotopic (exact) mass is 425 g/mol. The van der Waals surface area contributed by atoms with Gasteiger partial charge in [-0.25, -0.2) is 9.18 Å². The zero-order valence-corrected chi connectivity index (χ0v) is 15.9. The first-order chi connectivity index (χ1) is 14.8. The summed E-state index contributed by atoms with van der Waals surface area (Å²) in [5, 5.41) is 34.9. The lowest BCUT2D eigenvalue weighted by atomic mass is 9.99. The Balaban J connectivity index is 2.06. The SMILES string of the molecule is O=C(O)C(Cc1ccccc1)Nc1cc(F)ccc1-c1ccc([N+](=O)[O-])cc1[N+](=O)[O-]. The molecule has 9 nitrogen and oxygen atoms in total. The number of nitro benzene ring substituents is 2. The normalized spacial score (nSPS) is 11.5. The van der Waals surface area contributed by atoms with Crippen molar-refractivity contribution in [3.05, 3.63) is 98.3 Å². The predicted octanol–water partition coefficient (Wildman–Crippen LogP) is 4.42. The van der Waals surface area contributed by atoms with Crippen molar-refractivity contribution in [2.75, 3.05) is 5.32 Å². The summed E-state index contributed by atoms with van der Waals surface area (Å²) in [5.41, 5.74) is -0.162. The van der Waals surface area contributed by atoms with Crippen LogP contribution in [0, 0.1) is 26.0 Å². The van der Waals surface area contributed by atoms with E-state index in [-0.39, 0.29) is 23.2 Å². The molecule has 0 aromatic heterocycles. The third-order valence-electron chi connectivity index (χ3n) is 4.57. The maximum atomic E-state index is 14.0. The molecule has 0 fully saturated rings. The predicted molar refractivity (Wildman–Crippen MR) is 110 cm³/mol. The van der Waals surface area contributed by atoms with E-state index in [9.17, 15) is 34.5 Å². The highest BCUT2D eigenvalue weighted by Gasteiger charge is 2.25. The molecule has 0 saturated heterocycles. The molecule has 0 radical (unpaired) electrons. The lowest BCUT2D eigenvalue weighted by molar-refractivity contribution is -0.393. The molecule has 1 unspecified atom stereocenters. The number of rotatable bonds is 8. The van der Waals surface area contributed by atoms with E-state index in [1.807, 2.05) is 0 Å². The molecule has 158 valence electrons. The first kappa shape index (κ1) is 21.4. The molecule has 1 atom stereocenters. The number of carbonyl (C=O) groups is 1. The number of nitro groups is 2. The summed E-state index contributed by atoms with van der Waals surface area (Å²) in [5.74, 6) is -1.88. The van der Waals surface area contributed by atoms with E-state index in [0.717, 1.165) is 29.8 Å². The molecule has 3 rings (SSSR count). The molecule has 0 aliphatic heterocycles. The Bertz CT molecular complexity index is 1150. The Labute approximate surface area is 175 Å². The van der Waals surface area contributed by atoms with Crippen LogP contribution in [0.15, 0.2) is 66.7 Å². The first-order valence-electron chi connectivity index (χ1n) is 9.02. The number of hydrogen-bond acceptors (Lipinski definition) is 6. The van der Waals surface area contributed by atoms with Crippen LogP contribution in [0.4, 0.5) is 21.5 Å². The van der Waals surface area contributed by atoms with Crippen LogP contribution >= 0.6 is 0 Å². The van der Waals surface area contributed by atoms with Crippen molar-refractivity contribution < 1.29 is 24.1 Å². The fourth-order valence-electron chi connectivity index (χ4n) is 3.12. The van der Waals surface area contributed by atoms with Gasteiger partial charge in [0.05, 0.1) is 21.5 Å². The second kappa shape index (κ2) is 8.99. The molecular formula is C21H16FN3O6. The minimum absolute atomic E-state index is 0.0121. The number of carboxylic acid groups (broad SMARTS) is 1. The van der Waals surface area contributed by atoms with E-state index in [2.05, 4.69) is 5.32 Å². The van der Waals surface area contributed by atoms with E-state index in [4.69, 9.17) is 0 Å². The third-order valence-corrected chi connectivity index (χ3v) is 4.57. The standard InChI is InChI=1S/C21H16FN3O6/c22-14-6-8-16(17-9-7-15(24(28)29)12-20(17)25(30)31)18(11-14)23-19(21(26)27)10-13-4-2-1-3-5-13/h1-9,11-12,19,23H,10H2,(H,26,27). The summed E-state index contributed by atoms with van der Waals surface area (Å²) in [6.45, 7) is 0. The molecule has 3 aromatic rings. The van der Waals surface area contributed by atoms with E-state index in [1.54, 1.807) is 30.3 Å². The van der Waals surface area contributed by atoms with Gasteiger partial charge in [0.15, 0.2) is 0 Å². The lowest BCUT2D eigenvalue weighted by Crippen LogP contribution is -2.31. The van der Waals surface area contributed by atoms with E-state index >= 15 is 0 Å². The Morgan fingerprint density at radius 3 is 2.26 bits per heavy atom. The van der Waals surface area contributed by atoms with Gasteiger partial charge in [0.25, 0.3) is 11.4 Å². The van der Waals surface area contributed by atoms with Crippen LogP contribution in [0.25, 0.3) is 11.1 Å². The third kappa shape index (κ3) is 4.99. The van der Waals surface area contributed by atoms with Gasteiger partial charge in [-0.2, -0.15) is 0 Å². The number of nitrogens with zero attached hydrogens (tertiary/aromatic N) is 2. The molecule has 2 N–H and O–H groups in total. The smallest absolute Gasteiger partial charge is 0.326 e. The van der Waals surface area contributed by atoms with Crippen molar-refractivity contribution in [2.24, 2.45) is 0 Å². The maximum Gasteiger partial charge on any atom is 0.326 e. The quantitative estimate of drug-likeness (QED) is 0.403. The van der Waals surface area contributed by atoms with Crippen LogP contribution in [0.5, 0.6) is 0 Å². The minimum atomic E-state index is -1.20. The van der Waals surface area contributed by atoms with Crippen molar-refractivity contribution in [1.82, 2.24) is 0 Å². The van der Waals surface area contributed by atoms with Crippen LogP contribution in [0.3, 0.4) is 0 Å². The van der Waals surface area contributed by atoms with Gasteiger partial charge in [0.1, 0.15) is 11.9 Å². The van der Waals surface area contributed by atoms with Gasteiger partial charge in [0, 0.05) is 23.7 Å². The number of nitrogens with one attached hydrogen (secondary N) is 1. The van der Waals surface area contributed by atoms with Gasteiger partial charge in [-0.3, -0.25) is 20.2 Å². The number of halogens is 1. The summed E-state index contributed by atoms with van der Waals surface area (Å²) in [6.07, 6.45) is 0.0779. The molecule has 0 saturated carbocycles. The number of anilines is 1. The topological polar surface area (TPSA) is 136 Å². The Kier molecular flexibility index (Phi) is 6.20. The molecule has 0 aliphatic rings. The summed E-state index contributed by atoms with van der Waals surface area (Å²) in [6, 6.07) is 14.1. The highest BCUT2D eigenvalue weighted by atomic mass is 19.1. The largest absolute Gasteiger partial charge is 0.480 e. The number of hydrogen-bond donors (Lipinski definition) is 2. The number of carboxylic acids is 1. The fraction of sp³-hybridized carbons (Fsp3) is 0.0952. The van der Waals surface area contributed by atoms with Crippen LogP contribution in [0.1, 0.15) is 5.56 Å². The van der Waals surface area contributed by atoms with Gasteiger partial charge in [-0.1, -0.05) is 30.3 Å². The number of non-ortho nitro benzene ring substituents is 1. The number of aliphatic carboxylic acids is 1. The summed E-state index contributed by atoms with van der Waals surface area (Å²) >= 11 is 0. The highest BCUT2D eigenvalue weighted by Crippen LogP contribution is 2.37. The second-order valence-electron chi connectivity index (χ2n) is 6.63. The molecule has 0 spiro atoms. The van der Waals surface area contributed by atoms with E-state index < -0.39 is 39.0 Å². The first-order valence-corrected chi connectivity index (χ1v) is 9.02. The molecule has 10 heteroatoms. The van der Waals surface area contributed by atoms with Crippen molar-refractivity contribution in [1.29, 1.82) is 0 Å². The maximum absolute atomic E-state index is 14.0. The van der Waals surface area contributed by atoms with Crippen molar-refractivity contribution >= 4 is 23.0 Å². The zero-order valence-electron chi connectivity index (χ0n) is 15.9. The highest BCUT2D eigenvalue weighted by molar-refractivity contribution is 5.87. The van der Waals surface area contributed by atoms with E-state index in [1.165, 1.54) is 12.1 Å². The van der Waals surface area contributed by atoms with Crippen molar-refractivity contribution in [2.45, 2.75) is 12.5 Å². The van der Waals surface area contributed by atoms with Gasteiger partial charge in [-0.15, -0.1) is 0 Å². The molecule has 0 bridgehead atoms. The summed E-state index contributed by atoms with van der Waals surface area (Å²) in [4.78, 5) is 32.7. The fourth-order valence-corrected chi connectivity index (χ4v) is 3.12. The Morgan fingerprint density at radius 2 is 1.65 bits per heavy atom. The molecule has 31 heavy (non-hydrogen) atoms. The van der Waals surface area contributed by atoms with Crippen molar-refractivity contribution in [3.63, 3.8) is 0 Å². The molecule has 3 aromatic carbocycles.